The summed E-state index contributed by atoms with van der Waals surface area (Å²) in [5.41, 5.74) is -0.288. The van der Waals surface area contributed by atoms with Gasteiger partial charge in [-0.05, 0) is 30.5 Å². The average Bonchev–Trinajstić information content (AvgIpc) is 2.92. The van der Waals surface area contributed by atoms with E-state index in [0.29, 0.717) is 12.1 Å². The number of aliphatic imine (C=N–C) groups is 1. The number of alkyl halides is 3. The second-order valence-electron chi connectivity index (χ2n) is 4.30. The highest BCUT2D eigenvalue weighted by Gasteiger charge is 2.29. The van der Waals surface area contributed by atoms with Gasteiger partial charge in [0.1, 0.15) is 0 Å². The van der Waals surface area contributed by atoms with E-state index < -0.39 is 17.6 Å². The van der Waals surface area contributed by atoms with Crippen LogP contribution in [0, 0.1) is 0 Å². The Hall–Kier alpha value is -2.64. The van der Waals surface area contributed by atoms with Crippen molar-refractivity contribution in [1.82, 2.24) is 5.27 Å². The lowest BCUT2D eigenvalue weighted by Crippen LogP contribution is -2.32. The quantitative estimate of drug-likeness (QED) is 0.493. The summed E-state index contributed by atoms with van der Waals surface area (Å²) in [7, 11) is 0. The molecule has 0 aliphatic carbocycles. The minimum absolute atomic E-state index is 0.0592. The average molecular weight is 311 g/mol. The second kappa shape index (κ2) is 6.42. The number of benzene rings is 1. The molecule has 0 saturated heterocycles. The highest BCUT2D eigenvalue weighted by atomic mass is 19.4. The maximum Gasteiger partial charge on any atom is 0.416 e. The van der Waals surface area contributed by atoms with E-state index in [2.05, 4.69) is 10.3 Å². The van der Waals surface area contributed by atoms with Crippen LogP contribution in [0.2, 0.25) is 0 Å². The summed E-state index contributed by atoms with van der Waals surface area (Å²) >= 11 is 0. The Morgan fingerprint density at radius 1 is 1.36 bits per heavy atom. The summed E-state index contributed by atoms with van der Waals surface area (Å²) in [4.78, 5) is 3.64. The zero-order chi connectivity index (χ0) is 16.2. The molecule has 0 unspecified atom stereocenters. The van der Waals surface area contributed by atoms with Crippen molar-refractivity contribution in [2.24, 2.45) is 4.99 Å². The third-order valence-corrected chi connectivity index (χ3v) is 2.70. The summed E-state index contributed by atoms with van der Waals surface area (Å²) in [5, 5.41) is 15.2. The molecule has 1 aromatic carbocycles. The molecule has 0 amide bonds. The van der Waals surface area contributed by atoms with Crippen LogP contribution in [0.5, 0.6) is 0 Å². The van der Waals surface area contributed by atoms with Crippen molar-refractivity contribution in [2.75, 3.05) is 0 Å². The van der Waals surface area contributed by atoms with Crippen LogP contribution in [0.1, 0.15) is 18.1 Å². The first-order valence-corrected chi connectivity index (χ1v) is 6.36. The lowest BCUT2D eigenvalue weighted by Gasteiger charge is -2.06. The van der Waals surface area contributed by atoms with Gasteiger partial charge in [-0.15, -0.1) is 0 Å². The molecule has 5 nitrogen and oxygen atoms in total. The van der Waals surface area contributed by atoms with Gasteiger partial charge in [0, 0.05) is 0 Å². The van der Waals surface area contributed by atoms with Gasteiger partial charge in [0.05, 0.1) is 5.56 Å². The van der Waals surface area contributed by atoms with E-state index in [-0.39, 0.29) is 5.88 Å². The molecule has 0 radical (unpaired) electrons. The lowest BCUT2D eigenvalue weighted by molar-refractivity contribution is -0.759. The minimum Gasteiger partial charge on any atom is -0.859 e. The van der Waals surface area contributed by atoms with Crippen molar-refractivity contribution in [3.63, 3.8) is 0 Å². The van der Waals surface area contributed by atoms with Crippen molar-refractivity contribution in [2.45, 2.75) is 19.6 Å². The third kappa shape index (κ3) is 4.18. The van der Waals surface area contributed by atoms with E-state index in [1.807, 2.05) is 6.92 Å². The topological polar surface area (TPSA) is 65.3 Å². The van der Waals surface area contributed by atoms with Crippen molar-refractivity contribution in [3.05, 3.63) is 47.7 Å². The molecule has 0 saturated carbocycles. The van der Waals surface area contributed by atoms with Gasteiger partial charge in [-0.3, -0.25) is 4.52 Å². The zero-order valence-corrected chi connectivity index (χ0v) is 11.5. The summed E-state index contributed by atoms with van der Waals surface area (Å²) in [6, 6.07) is 4.43. The molecule has 8 heteroatoms. The van der Waals surface area contributed by atoms with Crippen LogP contribution in [0.4, 0.5) is 19.1 Å². The fraction of sp³-hybridized carbons (Fsp3) is 0.214. The molecule has 1 aromatic heterocycles. The summed E-state index contributed by atoms with van der Waals surface area (Å²) < 4.78 is 43.5. The third-order valence-electron chi connectivity index (χ3n) is 2.70. The molecule has 0 aliphatic rings. The summed E-state index contributed by atoms with van der Waals surface area (Å²) in [6.07, 6.45) is -0.407. The Morgan fingerprint density at radius 3 is 2.59 bits per heavy atom. The Labute approximate surface area is 124 Å². The predicted octanol–water partition coefficient (Wildman–Crippen LogP) is 2.10. The maximum absolute atomic E-state index is 12.4. The van der Waals surface area contributed by atoms with E-state index in [1.54, 1.807) is 0 Å². The first kappa shape index (κ1) is 15.7. The van der Waals surface area contributed by atoms with Gasteiger partial charge in [-0.25, -0.2) is 4.99 Å². The number of halogens is 3. The molecule has 116 valence electrons. The minimum atomic E-state index is -4.38. The molecule has 0 atom stereocenters. The molecule has 0 bridgehead atoms. The van der Waals surface area contributed by atoms with Crippen LogP contribution in [0.3, 0.4) is 0 Å². The number of hydrogen-bond acceptors (Lipinski definition) is 4. The molecule has 0 aliphatic heterocycles. The van der Waals surface area contributed by atoms with Crippen LogP contribution >= 0.6 is 0 Å². The molecule has 0 N–H and O–H groups in total. The normalized spacial score (nSPS) is 13.0. The molecule has 0 spiro atoms. The van der Waals surface area contributed by atoms with Crippen molar-refractivity contribution >= 4 is 17.9 Å². The highest BCUT2D eigenvalue weighted by Crippen LogP contribution is 2.29. The number of rotatable bonds is 4. The fourth-order valence-electron chi connectivity index (χ4n) is 1.56. The molecule has 22 heavy (non-hydrogen) atoms. The van der Waals surface area contributed by atoms with Gasteiger partial charge >= 0.3 is 12.1 Å². The first-order chi connectivity index (χ1) is 10.4. The van der Waals surface area contributed by atoms with Crippen LogP contribution < -0.4 is 9.79 Å². The van der Waals surface area contributed by atoms with Gasteiger partial charge in [-0.2, -0.15) is 13.2 Å². The Morgan fingerprint density at radius 2 is 2.05 bits per heavy atom. The number of nitrogens with zero attached hydrogens (tertiary/aromatic N) is 3. The first-order valence-electron chi connectivity index (χ1n) is 6.36. The van der Waals surface area contributed by atoms with E-state index in [9.17, 15) is 18.3 Å². The maximum atomic E-state index is 12.4. The number of hydrogen-bond donors (Lipinski definition) is 0. The van der Waals surface area contributed by atoms with Gasteiger partial charge in [0.25, 0.3) is 6.20 Å². The largest absolute Gasteiger partial charge is 0.859 e. The van der Waals surface area contributed by atoms with Crippen molar-refractivity contribution in [1.29, 1.82) is 0 Å². The molecule has 1 heterocycles. The van der Waals surface area contributed by atoms with E-state index in [4.69, 9.17) is 4.52 Å². The zero-order valence-electron chi connectivity index (χ0n) is 11.5. The van der Waals surface area contributed by atoms with Crippen molar-refractivity contribution in [3.8, 4) is 0 Å². The molecular weight excluding hydrogens is 299 g/mol. The summed E-state index contributed by atoms with van der Waals surface area (Å²) in [5.74, 6) is -0.539. The van der Waals surface area contributed by atoms with Crippen LogP contribution in [-0.2, 0) is 12.7 Å². The van der Waals surface area contributed by atoms with Crippen LogP contribution in [-0.4, -0.2) is 11.2 Å². The van der Waals surface area contributed by atoms with Gasteiger partial charge in [-0.1, -0.05) is 29.0 Å². The monoisotopic (exact) mass is 311 g/mol. The SMILES string of the molecule is CC[n+]1cc(/N=C([O-])/C=C/c2ccc(C(F)(F)F)cc2)on1. The Balaban J connectivity index is 2.07. The predicted molar refractivity (Wildman–Crippen MR) is 69.9 cm³/mol. The van der Waals surface area contributed by atoms with E-state index >= 15 is 0 Å². The molecule has 2 aromatic rings. The summed E-state index contributed by atoms with van der Waals surface area (Å²) in [6.45, 7) is 2.42. The van der Waals surface area contributed by atoms with Crippen molar-refractivity contribution < 1.29 is 27.5 Å². The standard InChI is InChI=1S/C14H12F3N3O2/c1-2-20-9-13(22-19-20)18-12(21)8-5-10-3-6-11(7-4-10)14(15,16)17/h3-9H,2H2,1H3/b8-5+. The number of aromatic nitrogens is 2. The van der Waals surface area contributed by atoms with E-state index in [0.717, 1.165) is 18.2 Å². The Kier molecular flexibility index (Phi) is 4.59. The molecular formula is C14H12F3N3O2. The second-order valence-corrected chi connectivity index (χ2v) is 4.30. The smallest absolute Gasteiger partial charge is 0.416 e. The van der Waals surface area contributed by atoms with Gasteiger partial charge in [0.15, 0.2) is 6.54 Å². The highest BCUT2D eigenvalue weighted by molar-refractivity contribution is 5.89. The molecule has 0 fully saturated rings. The Bertz CT molecular complexity index is 688. The van der Waals surface area contributed by atoms with Gasteiger partial charge < -0.3 is 5.11 Å². The number of aryl methyl sites for hydroxylation is 1. The fourth-order valence-corrected chi connectivity index (χ4v) is 1.56. The van der Waals surface area contributed by atoms with Crippen LogP contribution in [0.15, 0.2) is 46.1 Å². The lowest BCUT2D eigenvalue weighted by atomic mass is 10.1. The molecule has 2 rings (SSSR count). The van der Waals surface area contributed by atoms with Gasteiger partial charge in [0.2, 0.25) is 5.27 Å². The van der Waals surface area contributed by atoms with E-state index in [1.165, 1.54) is 29.1 Å². The van der Waals surface area contributed by atoms with Crippen LogP contribution in [0.25, 0.3) is 6.08 Å².